The number of aryl methyl sites for hydroxylation is 3. The van der Waals surface area contributed by atoms with Gasteiger partial charge in [0.15, 0.2) is 0 Å². The lowest BCUT2D eigenvalue weighted by molar-refractivity contribution is -0.208. The van der Waals surface area contributed by atoms with E-state index in [1.165, 1.54) is 0 Å². The molecule has 0 bridgehead atoms. The first-order valence-electron chi connectivity index (χ1n) is 30.1. The van der Waals surface area contributed by atoms with Gasteiger partial charge in [-0.25, -0.2) is 4.79 Å². The number of hydrogen-bond donors (Lipinski definition) is 4. The highest BCUT2D eigenvalue weighted by atomic mass is 16.7. The number of ether oxygens (including phenoxy) is 4. The highest BCUT2D eigenvalue weighted by molar-refractivity contribution is 5.80. The summed E-state index contributed by atoms with van der Waals surface area (Å²) in [4.78, 5) is 57.1. The second-order valence-electron chi connectivity index (χ2n) is 31.8. The Morgan fingerprint density at radius 1 is 0.357 bits per heavy atom. The van der Waals surface area contributed by atoms with Crippen molar-refractivity contribution >= 4 is 23.9 Å². The molecule has 12 nitrogen and oxygen atoms in total. The first-order chi connectivity index (χ1) is 37.9. The van der Waals surface area contributed by atoms with E-state index in [0.717, 1.165) is 50.1 Å². The fourth-order valence-corrected chi connectivity index (χ4v) is 10.3. The molecule has 0 radical (unpaired) electrons. The quantitative estimate of drug-likeness (QED) is 0.0420. The minimum absolute atomic E-state index is 0.00835. The fourth-order valence-electron chi connectivity index (χ4n) is 10.3. The number of phenolic OH excluding ortho intramolecular Hbond substituents is 4. The van der Waals surface area contributed by atoms with Gasteiger partial charge in [0.25, 0.3) is 6.29 Å². The summed E-state index contributed by atoms with van der Waals surface area (Å²) in [5.41, 5.74) is 5.36. The highest BCUT2D eigenvalue weighted by Crippen LogP contribution is 2.44. The summed E-state index contributed by atoms with van der Waals surface area (Å²) in [5.74, 6) is -3.08. The molecule has 4 rings (SSSR count). The molecule has 3 unspecified atom stereocenters. The zero-order valence-electron chi connectivity index (χ0n) is 56.1. The van der Waals surface area contributed by atoms with Crippen LogP contribution in [-0.4, -0.2) is 63.3 Å². The van der Waals surface area contributed by atoms with Crippen molar-refractivity contribution in [2.24, 2.45) is 5.92 Å². The van der Waals surface area contributed by atoms with Gasteiger partial charge >= 0.3 is 23.9 Å². The van der Waals surface area contributed by atoms with Crippen LogP contribution in [0, 0.1) is 5.92 Å². The Morgan fingerprint density at radius 3 is 0.857 bits per heavy atom. The van der Waals surface area contributed by atoms with Crippen molar-refractivity contribution < 1.29 is 58.6 Å². The van der Waals surface area contributed by atoms with E-state index in [1.54, 1.807) is 6.92 Å². The van der Waals surface area contributed by atoms with Crippen molar-refractivity contribution in [3.8, 4) is 23.0 Å². The minimum atomic E-state index is -1.62. The molecule has 4 aromatic rings. The number of rotatable bonds is 18. The van der Waals surface area contributed by atoms with Crippen LogP contribution in [0.5, 0.6) is 23.0 Å². The van der Waals surface area contributed by atoms with Gasteiger partial charge in [-0.1, -0.05) is 222 Å². The molecule has 0 amide bonds. The number of hydrogen-bond acceptors (Lipinski definition) is 12. The van der Waals surface area contributed by atoms with Gasteiger partial charge in [-0.2, -0.15) is 0 Å². The molecule has 0 aromatic heterocycles. The molecule has 0 aliphatic rings. The molecule has 466 valence electrons. The molecule has 0 aliphatic heterocycles. The summed E-state index contributed by atoms with van der Waals surface area (Å²) >= 11 is 0. The second kappa shape index (κ2) is 25.9. The highest BCUT2D eigenvalue weighted by Gasteiger charge is 2.36. The summed E-state index contributed by atoms with van der Waals surface area (Å²) < 4.78 is 24.3. The molecular weight excluding hydrogens is 1060 g/mol. The number of esters is 4. The largest absolute Gasteiger partial charge is 0.507 e. The van der Waals surface area contributed by atoms with Crippen molar-refractivity contribution in [3.05, 3.63) is 115 Å². The maximum Gasteiger partial charge on any atom is 0.350 e. The van der Waals surface area contributed by atoms with Crippen LogP contribution in [0.4, 0.5) is 0 Å². The fraction of sp³-hybridized carbons (Fsp3) is 0.611. The topological polar surface area (TPSA) is 186 Å². The number of aromatic hydroxyl groups is 4. The van der Waals surface area contributed by atoms with E-state index in [0.29, 0.717) is 23.1 Å². The van der Waals surface area contributed by atoms with Crippen LogP contribution in [0.25, 0.3) is 0 Å². The van der Waals surface area contributed by atoms with Gasteiger partial charge in [-0.15, -0.1) is 0 Å². The van der Waals surface area contributed by atoms with Crippen LogP contribution < -0.4 is 0 Å². The lowest BCUT2D eigenvalue weighted by Crippen LogP contribution is -2.39. The minimum Gasteiger partial charge on any atom is -0.507 e. The molecule has 0 saturated carbocycles. The predicted molar refractivity (Wildman–Crippen MR) is 337 cm³/mol. The third-order valence-corrected chi connectivity index (χ3v) is 15.4. The molecule has 0 saturated heterocycles. The molecule has 4 aromatic carbocycles. The monoisotopic (exact) mass is 1160 g/mol. The van der Waals surface area contributed by atoms with E-state index >= 15 is 4.79 Å². The van der Waals surface area contributed by atoms with Crippen molar-refractivity contribution in [1.82, 2.24) is 0 Å². The molecule has 0 heterocycles. The van der Waals surface area contributed by atoms with E-state index in [9.17, 15) is 34.8 Å². The molecule has 4 N–H and O–H groups in total. The Morgan fingerprint density at radius 2 is 0.595 bits per heavy atom. The second-order valence-corrected chi connectivity index (χ2v) is 31.8. The smallest absolute Gasteiger partial charge is 0.350 e. The molecule has 12 heteroatoms. The van der Waals surface area contributed by atoms with Gasteiger partial charge in [0.1, 0.15) is 29.6 Å². The average molecular weight is 1160 g/mol. The maximum absolute atomic E-state index is 15.0. The van der Waals surface area contributed by atoms with Crippen LogP contribution in [0.1, 0.15) is 259 Å². The number of carbonyl (C=O) groups is 4. The maximum atomic E-state index is 15.0. The first kappa shape index (κ1) is 70.4. The van der Waals surface area contributed by atoms with Gasteiger partial charge in [-0.3, -0.25) is 14.4 Å². The summed E-state index contributed by atoms with van der Waals surface area (Å²) in [6.07, 6.45) is -2.86. The number of phenols is 4. The Kier molecular flexibility index (Phi) is 21.7. The zero-order valence-corrected chi connectivity index (χ0v) is 56.1. The van der Waals surface area contributed by atoms with E-state index in [4.69, 9.17) is 18.9 Å². The SMILES string of the molecule is CC(COC(=O)CCc1cc(C(C)(C)C)c(O)c(C(C)(C)C)c1)C(OC(=O)CCc1cc(C(C)(C)C)c(O)c(C(C)(C)C)c1)OC(=O)C(Cc1cc(C(C)(C)C)c(O)c(C(C)(C)C)c1)OC(=O)CCc1cc(C(C)(C)C)c(O)c(C(C)(C)C)c1. The third kappa shape index (κ3) is 19.0. The lowest BCUT2D eigenvalue weighted by Gasteiger charge is -2.29. The lowest BCUT2D eigenvalue weighted by atomic mass is 9.78. The average Bonchev–Trinajstić information content (AvgIpc) is 2.48. The molecule has 3 atom stereocenters. The van der Waals surface area contributed by atoms with E-state index in [-0.39, 0.29) is 79.0 Å². The van der Waals surface area contributed by atoms with Crippen LogP contribution >= 0.6 is 0 Å². The molecule has 84 heavy (non-hydrogen) atoms. The third-order valence-electron chi connectivity index (χ3n) is 15.4. The van der Waals surface area contributed by atoms with Gasteiger partial charge in [-0.05, 0) is 129 Å². The van der Waals surface area contributed by atoms with Gasteiger partial charge in [0.2, 0.25) is 6.10 Å². The van der Waals surface area contributed by atoms with Gasteiger partial charge in [0, 0.05) is 25.7 Å². The van der Waals surface area contributed by atoms with Gasteiger partial charge in [0.05, 0.1) is 5.92 Å². The van der Waals surface area contributed by atoms with Crippen molar-refractivity contribution in [2.75, 3.05) is 6.61 Å². The van der Waals surface area contributed by atoms with Crippen LogP contribution in [0.3, 0.4) is 0 Å². The predicted octanol–water partition coefficient (Wildman–Crippen LogP) is 15.8. The van der Waals surface area contributed by atoms with Crippen LogP contribution in [0.2, 0.25) is 0 Å². The number of carbonyl (C=O) groups excluding carboxylic acids is 4. The summed E-state index contributed by atoms with van der Waals surface area (Å²) in [6, 6.07) is 15.1. The van der Waals surface area contributed by atoms with Crippen LogP contribution in [0.15, 0.2) is 48.5 Å². The zero-order chi connectivity index (χ0) is 64.4. The molecular formula is C72H106O12. The van der Waals surface area contributed by atoms with E-state index in [1.807, 2.05) is 215 Å². The Labute approximate surface area is 504 Å². The first-order valence-corrected chi connectivity index (χ1v) is 30.1. The molecule has 0 spiro atoms. The van der Waals surface area contributed by atoms with Crippen molar-refractivity contribution in [1.29, 1.82) is 0 Å². The summed E-state index contributed by atoms with van der Waals surface area (Å²) in [5, 5.41) is 45.9. The Hall–Kier alpha value is -6.04. The normalized spacial score (nSPS) is 14.2. The molecule has 0 fully saturated rings. The molecule has 0 aliphatic carbocycles. The van der Waals surface area contributed by atoms with Crippen molar-refractivity contribution in [2.45, 2.75) is 274 Å². The summed E-state index contributed by atoms with van der Waals surface area (Å²) in [7, 11) is 0. The van der Waals surface area contributed by atoms with Crippen LogP contribution in [-0.2, 0) is 107 Å². The standard InChI is InChI=1S/C72H106O12/c1-42(41-81-56(73)29-26-43-32-47(65(2,3)4)59(76)48(33-43)66(5,6)7)64(83-58(75)31-28-45-36-51(69(14,15)16)61(78)52(37-45)70(17,18)19)84-63(80)55(40-46-38-53(71(20,21)22)62(79)54(39-46)72(23,24)25)82-57(74)30-27-44-34-49(67(8,9)10)60(77)50(35-44)68(11,12)13/h32-39,42,55,64,76-79H,26-31,40-41H2,1-25H3. The summed E-state index contributed by atoms with van der Waals surface area (Å²) in [6.45, 7) is 49.5. The van der Waals surface area contributed by atoms with E-state index < -0.39 is 74.7 Å². The van der Waals surface area contributed by atoms with Gasteiger partial charge < -0.3 is 39.4 Å². The Balaban J connectivity index is 1.77. The Bertz CT molecular complexity index is 2870. The van der Waals surface area contributed by atoms with Crippen molar-refractivity contribution in [3.63, 3.8) is 0 Å². The van der Waals surface area contributed by atoms with E-state index in [2.05, 4.69) is 0 Å². The number of benzene rings is 4.